The number of nitrogens with zero attached hydrogens (tertiary/aromatic N) is 4. The van der Waals surface area contributed by atoms with Crippen molar-refractivity contribution in [1.29, 1.82) is 0 Å². The summed E-state index contributed by atoms with van der Waals surface area (Å²) in [6.07, 6.45) is 3.49. The Bertz CT molecular complexity index is 1040. The molecule has 160 valence electrons. The van der Waals surface area contributed by atoms with Crippen molar-refractivity contribution < 1.29 is 4.79 Å². The van der Waals surface area contributed by atoms with Gasteiger partial charge in [-0.2, -0.15) is 0 Å². The largest absolute Gasteiger partial charge is 0.355 e. The number of fused-ring (bicyclic) bond motifs is 1. The first kappa shape index (κ1) is 21.2. The van der Waals surface area contributed by atoms with Crippen molar-refractivity contribution in [2.24, 2.45) is 0 Å². The van der Waals surface area contributed by atoms with Gasteiger partial charge in [0.25, 0.3) is 5.56 Å². The van der Waals surface area contributed by atoms with Crippen molar-refractivity contribution in [3.8, 4) is 10.4 Å². The number of hydrogen-bond acceptors (Lipinski definition) is 7. The molecule has 1 aliphatic heterocycles. The van der Waals surface area contributed by atoms with Crippen LogP contribution >= 0.6 is 22.7 Å². The van der Waals surface area contributed by atoms with Gasteiger partial charge in [-0.05, 0) is 37.9 Å². The van der Waals surface area contributed by atoms with Crippen molar-refractivity contribution in [3.05, 3.63) is 39.6 Å². The lowest BCUT2D eigenvalue weighted by Crippen LogP contribution is -2.44. The second kappa shape index (κ2) is 9.82. The molecule has 0 saturated carbocycles. The van der Waals surface area contributed by atoms with Crippen LogP contribution in [0.15, 0.2) is 34.0 Å². The Balaban J connectivity index is 1.29. The summed E-state index contributed by atoms with van der Waals surface area (Å²) in [5.74, 6) is -0.147. The van der Waals surface area contributed by atoms with Gasteiger partial charge < -0.3 is 15.1 Å². The quantitative estimate of drug-likeness (QED) is 0.539. The molecule has 4 rings (SSSR count). The number of carbonyl (C=O) groups excluding carboxylic acids is 1. The molecule has 0 spiro atoms. The molecule has 0 aromatic carbocycles. The molecule has 0 atom stereocenters. The Hall–Kier alpha value is -2.07. The smallest absolute Gasteiger partial charge is 0.263 e. The fourth-order valence-corrected chi connectivity index (χ4v) is 5.38. The molecule has 4 heterocycles. The Kier molecular flexibility index (Phi) is 6.93. The number of hydrogen-bond donors (Lipinski definition) is 1. The summed E-state index contributed by atoms with van der Waals surface area (Å²) in [4.78, 5) is 36.3. The van der Waals surface area contributed by atoms with E-state index in [0.717, 1.165) is 56.0 Å². The highest BCUT2D eigenvalue weighted by Crippen LogP contribution is 2.33. The zero-order valence-electron chi connectivity index (χ0n) is 17.2. The van der Waals surface area contributed by atoms with Gasteiger partial charge in [0, 0.05) is 48.5 Å². The van der Waals surface area contributed by atoms with Crippen LogP contribution in [-0.2, 0) is 11.3 Å². The summed E-state index contributed by atoms with van der Waals surface area (Å²) in [6.45, 7) is 6.21. The lowest BCUT2D eigenvalue weighted by Gasteiger charge is -2.32. The number of aromatic nitrogens is 2. The zero-order valence-corrected chi connectivity index (χ0v) is 18.8. The van der Waals surface area contributed by atoms with Gasteiger partial charge in [-0.1, -0.05) is 6.07 Å². The van der Waals surface area contributed by atoms with Crippen LogP contribution in [0.25, 0.3) is 20.7 Å². The number of rotatable bonds is 8. The number of likely N-dealkylation sites (N-methyl/N-ethyl adjacent to an activating group) is 1. The fraction of sp³-hybridized carbons (Fsp3) is 0.476. The molecule has 1 saturated heterocycles. The van der Waals surface area contributed by atoms with E-state index in [0.29, 0.717) is 16.8 Å². The molecule has 0 bridgehead atoms. The summed E-state index contributed by atoms with van der Waals surface area (Å²) in [7, 11) is 2.16. The lowest BCUT2D eigenvalue weighted by atomic mass is 10.2. The zero-order chi connectivity index (χ0) is 20.9. The SMILES string of the molecule is CN1CCN(CCCCNC(=O)Cn2cnc3scc(-c4cccs4)c3c2=O)CC1. The van der Waals surface area contributed by atoms with Crippen LogP contribution in [0.3, 0.4) is 0 Å². The van der Waals surface area contributed by atoms with Crippen molar-refractivity contribution in [3.63, 3.8) is 0 Å². The van der Waals surface area contributed by atoms with Crippen LogP contribution in [0.4, 0.5) is 0 Å². The van der Waals surface area contributed by atoms with Gasteiger partial charge in [-0.15, -0.1) is 22.7 Å². The second-order valence-corrected chi connectivity index (χ2v) is 9.49. The van der Waals surface area contributed by atoms with Gasteiger partial charge in [-0.25, -0.2) is 4.98 Å². The van der Waals surface area contributed by atoms with E-state index in [1.54, 1.807) is 11.3 Å². The Morgan fingerprint density at radius 1 is 1.20 bits per heavy atom. The first-order valence-corrected chi connectivity index (χ1v) is 12.1. The molecular weight excluding hydrogens is 418 g/mol. The molecule has 3 aromatic heterocycles. The minimum absolute atomic E-state index is 0.0000395. The monoisotopic (exact) mass is 445 g/mol. The van der Waals surface area contributed by atoms with Crippen molar-refractivity contribution >= 4 is 38.8 Å². The number of carbonyl (C=O) groups is 1. The molecule has 1 amide bonds. The summed E-state index contributed by atoms with van der Waals surface area (Å²) < 4.78 is 1.41. The summed E-state index contributed by atoms with van der Waals surface area (Å²) in [5, 5.41) is 7.50. The van der Waals surface area contributed by atoms with Crippen molar-refractivity contribution in [1.82, 2.24) is 24.7 Å². The Morgan fingerprint density at radius 2 is 2.03 bits per heavy atom. The molecule has 3 aromatic rings. The third-order valence-corrected chi connectivity index (χ3v) is 7.27. The third kappa shape index (κ3) is 4.97. The van der Waals surface area contributed by atoms with E-state index in [1.165, 1.54) is 22.2 Å². The molecule has 1 N–H and O–H groups in total. The fourth-order valence-electron chi connectivity index (χ4n) is 3.66. The molecule has 9 heteroatoms. The maximum Gasteiger partial charge on any atom is 0.263 e. The average molecular weight is 446 g/mol. The maximum absolute atomic E-state index is 13.0. The minimum atomic E-state index is -0.158. The number of amides is 1. The molecule has 0 unspecified atom stereocenters. The van der Waals surface area contributed by atoms with Crippen molar-refractivity contribution in [2.45, 2.75) is 19.4 Å². The third-order valence-electron chi connectivity index (χ3n) is 5.48. The van der Waals surface area contributed by atoms with E-state index in [4.69, 9.17) is 0 Å². The number of thiophene rings is 2. The van der Waals surface area contributed by atoms with Crippen LogP contribution in [0, 0.1) is 0 Å². The van der Waals surface area contributed by atoms with Crippen molar-refractivity contribution in [2.75, 3.05) is 46.3 Å². The first-order chi connectivity index (χ1) is 14.6. The first-order valence-electron chi connectivity index (χ1n) is 10.3. The normalized spacial score (nSPS) is 15.6. The summed E-state index contributed by atoms with van der Waals surface area (Å²) >= 11 is 3.06. The molecule has 0 aliphatic carbocycles. The Labute approximate surface area is 184 Å². The highest BCUT2D eigenvalue weighted by atomic mass is 32.1. The van der Waals surface area contributed by atoms with E-state index >= 15 is 0 Å². The Morgan fingerprint density at radius 3 is 2.80 bits per heavy atom. The molecule has 1 fully saturated rings. The number of unbranched alkanes of at least 4 members (excludes halogenated alkanes) is 1. The van der Waals surface area contributed by atoms with Crippen LogP contribution in [0.1, 0.15) is 12.8 Å². The van der Waals surface area contributed by atoms with E-state index in [1.807, 2.05) is 22.9 Å². The van der Waals surface area contributed by atoms with Gasteiger partial charge >= 0.3 is 0 Å². The predicted molar refractivity (Wildman–Crippen MR) is 123 cm³/mol. The van der Waals surface area contributed by atoms with Gasteiger partial charge in [0.1, 0.15) is 11.4 Å². The van der Waals surface area contributed by atoms with Crippen LogP contribution in [0.2, 0.25) is 0 Å². The van der Waals surface area contributed by atoms with E-state index in [9.17, 15) is 9.59 Å². The topological polar surface area (TPSA) is 70.5 Å². The predicted octanol–water partition coefficient (Wildman–Crippen LogP) is 2.33. The highest BCUT2D eigenvalue weighted by Gasteiger charge is 2.15. The second-order valence-electron chi connectivity index (χ2n) is 7.69. The maximum atomic E-state index is 13.0. The van der Waals surface area contributed by atoms with Gasteiger partial charge in [-0.3, -0.25) is 14.2 Å². The lowest BCUT2D eigenvalue weighted by molar-refractivity contribution is -0.121. The molecule has 30 heavy (non-hydrogen) atoms. The van der Waals surface area contributed by atoms with Gasteiger partial charge in [0.2, 0.25) is 5.91 Å². The van der Waals surface area contributed by atoms with E-state index in [2.05, 4.69) is 27.1 Å². The summed E-state index contributed by atoms with van der Waals surface area (Å²) in [5.41, 5.74) is 0.746. The highest BCUT2D eigenvalue weighted by molar-refractivity contribution is 7.18. The standard InChI is InChI=1S/C21H27N5O2S2/c1-24-8-10-25(11-9-24)7-3-2-6-22-18(27)13-26-15-23-20-19(21(26)28)16(14-30-20)17-5-4-12-29-17/h4-5,12,14-15H,2-3,6-11,13H2,1H3,(H,22,27). The average Bonchev–Trinajstić information content (AvgIpc) is 3.41. The minimum Gasteiger partial charge on any atom is -0.355 e. The molecule has 7 nitrogen and oxygen atoms in total. The van der Waals surface area contributed by atoms with Crippen LogP contribution < -0.4 is 10.9 Å². The van der Waals surface area contributed by atoms with Gasteiger partial charge in [0.05, 0.1) is 11.7 Å². The number of nitrogens with one attached hydrogen (secondary N) is 1. The molecular formula is C21H27N5O2S2. The van der Waals surface area contributed by atoms with E-state index < -0.39 is 0 Å². The summed E-state index contributed by atoms with van der Waals surface area (Å²) in [6, 6.07) is 3.97. The molecule has 1 aliphatic rings. The van der Waals surface area contributed by atoms with E-state index in [-0.39, 0.29) is 18.0 Å². The molecule has 0 radical (unpaired) electrons. The van der Waals surface area contributed by atoms with Crippen LogP contribution in [-0.4, -0.2) is 71.6 Å². The van der Waals surface area contributed by atoms with Crippen LogP contribution in [0.5, 0.6) is 0 Å². The van der Waals surface area contributed by atoms with Gasteiger partial charge in [0.15, 0.2) is 0 Å². The number of piperazine rings is 1.